The van der Waals surface area contributed by atoms with E-state index in [-0.39, 0.29) is 36.8 Å². The van der Waals surface area contributed by atoms with Gasteiger partial charge in [0.2, 0.25) is 5.91 Å². The molecule has 1 unspecified atom stereocenters. The third kappa shape index (κ3) is 6.21. The number of hydrogen-bond donors (Lipinski definition) is 2. The van der Waals surface area contributed by atoms with E-state index in [0.717, 1.165) is 22.3 Å². The van der Waals surface area contributed by atoms with Crippen molar-refractivity contribution in [2.45, 2.75) is 65.0 Å². The van der Waals surface area contributed by atoms with Gasteiger partial charge in [-0.05, 0) is 48.4 Å². The third-order valence-electron chi connectivity index (χ3n) is 6.79. The fourth-order valence-corrected chi connectivity index (χ4v) is 4.65. The van der Waals surface area contributed by atoms with E-state index in [1.807, 2.05) is 52.0 Å². The van der Waals surface area contributed by atoms with E-state index in [2.05, 4.69) is 29.6 Å². The second kappa shape index (κ2) is 11.9. The molecule has 2 atom stereocenters. The van der Waals surface area contributed by atoms with Crippen molar-refractivity contribution in [1.29, 1.82) is 0 Å². The maximum absolute atomic E-state index is 13.4. The predicted octanol–water partition coefficient (Wildman–Crippen LogP) is 5.04. The first-order valence-electron chi connectivity index (χ1n) is 12.4. The van der Waals surface area contributed by atoms with E-state index in [0.29, 0.717) is 19.4 Å². The largest absolute Gasteiger partial charge is 0.481 e. The van der Waals surface area contributed by atoms with Crippen LogP contribution < -0.4 is 5.32 Å². The van der Waals surface area contributed by atoms with Crippen molar-refractivity contribution < 1.29 is 24.2 Å². The van der Waals surface area contributed by atoms with Crippen molar-refractivity contribution in [2.75, 3.05) is 13.2 Å². The highest BCUT2D eigenvalue weighted by atomic mass is 16.5. The van der Waals surface area contributed by atoms with E-state index in [4.69, 9.17) is 9.84 Å². The molecule has 0 heterocycles. The second-order valence-corrected chi connectivity index (χ2v) is 9.46. The van der Waals surface area contributed by atoms with E-state index < -0.39 is 18.1 Å². The molecule has 2 N–H and O–H groups in total. The normalized spacial score (nSPS) is 14.1. The van der Waals surface area contributed by atoms with Crippen LogP contribution in [0.15, 0.2) is 48.5 Å². The summed E-state index contributed by atoms with van der Waals surface area (Å²) in [6.45, 7) is 8.16. The summed E-state index contributed by atoms with van der Waals surface area (Å²) >= 11 is 0. The number of nitrogens with zero attached hydrogens (tertiary/aromatic N) is 1. The molecule has 0 aliphatic heterocycles. The van der Waals surface area contributed by atoms with Gasteiger partial charge in [0, 0.05) is 24.9 Å². The molecule has 2 amide bonds. The van der Waals surface area contributed by atoms with Gasteiger partial charge in [-0.3, -0.25) is 9.59 Å². The second-order valence-electron chi connectivity index (χ2n) is 9.46. The topological polar surface area (TPSA) is 95.9 Å². The summed E-state index contributed by atoms with van der Waals surface area (Å²) in [5.41, 5.74) is 4.55. The smallest absolute Gasteiger partial charge is 0.407 e. The van der Waals surface area contributed by atoms with Crippen LogP contribution in [-0.4, -0.2) is 53.2 Å². The highest BCUT2D eigenvalue weighted by Gasteiger charge is 2.33. The summed E-state index contributed by atoms with van der Waals surface area (Å²) in [4.78, 5) is 38.8. The fraction of sp³-hybridized carbons (Fsp3) is 0.464. The van der Waals surface area contributed by atoms with Gasteiger partial charge < -0.3 is 20.1 Å². The number of carboxylic acid groups (broad SMARTS) is 1. The van der Waals surface area contributed by atoms with Crippen LogP contribution in [0.2, 0.25) is 0 Å². The Kier molecular flexibility index (Phi) is 8.90. The number of rotatable bonds is 11. The Morgan fingerprint density at radius 2 is 1.57 bits per heavy atom. The standard InChI is InChI=1S/C28H36N2O5/c1-5-19(4)26(27(33)30(18(2)3)16-10-15-25(31)32)29-28(34)35-17-24-22-13-8-6-11-20(22)21-12-7-9-14-23(21)24/h6-9,11-14,18-19,24,26H,5,10,15-17H2,1-4H3,(H,29,34)(H,31,32)/t19?,26-/m0/s1. The zero-order valence-corrected chi connectivity index (χ0v) is 21.0. The summed E-state index contributed by atoms with van der Waals surface area (Å²) in [5.74, 6) is -1.28. The number of carboxylic acids is 1. The summed E-state index contributed by atoms with van der Waals surface area (Å²) in [6.07, 6.45) is 0.419. The number of benzene rings is 2. The van der Waals surface area contributed by atoms with Gasteiger partial charge in [0.1, 0.15) is 12.6 Å². The molecule has 188 valence electrons. The van der Waals surface area contributed by atoms with Crippen molar-refractivity contribution in [3.63, 3.8) is 0 Å². The van der Waals surface area contributed by atoms with Gasteiger partial charge in [-0.25, -0.2) is 4.79 Å². The Hall–Kier alpha value is -3.35. The van der Waals surface area contributed by atoms with E-state index in [1.165, 1.54) is 0 Å². The van der Waals surface area contributed by atoms with Gasteiger partial charge in [-0.2, -0.15) is 0 Å². The predicted molar refractivity (Wildman–Crippen MR) is 135 cm³/mol. The molecule has 0 aromatic heterocycles. The van der Waals surface area contributed by atoms with E-state index >= 15 is 0 Å². The van der Waals surface area contributed by atoms with Gasteiger partial charge in [-0.15, -0.1) is 0 Å². The minimum atomic E-state index is -0.892. The number of fused-ring (bicyclic) bond motifs is 3. The minimum absolute atomic E-state index is 0.00962. The van der Waals surface area contributed by atoms with Crippen molar-refractivity contribution in [3.05, 3.63) is 59.7 Å². The molecule has 2 aromatic rings. The molecule has 1 aliphatic carbocycles. The number of nitrogens with one attached hydrogen (secondary N) is 1. The van der Waals surface area contributed by atoms with E-state index in [1.54, 1.807) is 4.90 Å². The first-order chi connectivity index (χ1) is 16.7. The molecule has 0 saturated carbocycles. The highest BCUT2D eigenvalue weighted by Crippen LogP contribution is 2.44. The molecule has 2 aromatic carbocycles. The van der Waals surface area contributed by atoms with Gasteiger partial charge >= 0.3 is 12.1 Å². The maximum Gasteiger partial charge on any atom is 0.407 e. The molecule has 0 saturated heterocycles. The molecule has 0 fully saturated rings. The number of alkyl carbamates (subject to hydrolysis) is 1. The molecule has 35 heavy (non-hydrogen) atoms. The van der Waals surface area contributed by atoms with Crippen LogP contribution in [0, 0.1) is 5.92 Å². The lowest BCUT2D eigenvalue weighted by atomic mass is 9.97. The molecule has 7 nitrogen and oxygen atoms in total. The molecule has 0 spiro atoms. The number of carbonyl (C=O) groups is 3. The SMILES string of the molecule is CCC(C)[C@H](NC(=O)OCC1c2ccccc2-c2ccccc21)C(=O)N(CCCC(=O)O)C(C)C. The monoisotopic (exact) mass is 480 g/mol. The summed E-state index contributed by atoms with van der Waals surface area (Å²) in [6, 6.07) is 15.4. The average Bonchev–Trinajstić information content (AvgIpc) is 3.16. The van der Waals surface area contributed by atoms with Crippen molar-refractivity contribution in [3.8, 4) is 11.1 Å². The van der Waals surface area contributed by atoms with E-state index in [9.17, 15) is 14.4 Å². The Balaban J connectivity index is 1.69. The van der Waals surface area contributed by atoms with Gasteiger partial charge in [-0.1, -0.05) is 68.8 Å². The Morgan fingerprint density at radius 1 is 1.00 bits per heavy atom. The van der Waals surface area contributed by atoms with Crippen LogP contribution in [0.4, 0.5) is 4.79 Å². The molecule has 0 radical (unpaired) electrons. The number of ether oxygens (including phenoxy) is 1. The van der Waals surface area contributed by atoms with Crippen molar-refractivity contribution in [2.24, 2.45) is 5.92 Å². The Morgan fingerprint density at radius 3 is 2.09 bits per heavy atom. The number of amides is 2. The molecule has 1 aliphatic rings. The fourth-order valence-electron chi connectivity index (χ4n) is 4.65. The molecular weight excluding hydrogens is 444 g/mol. The molecule has 3 rings (SSSR count). The molecule has 0 bridgehead atoms. The van der Waals surface area contributed by atoms with Crippen LogP contribution in [0.5, 0.6) is 0 Å². The summed E-state index contributed by atoms with van der Waals surface area (Å²) in [7, 11) is 0. The van der Waals surface area contributed by atoms with Crippen LogP contribution in [0.3, 0.4) is 0 Å². The van der Waals surface area contributed by atoms with Gasteiger partial charge in [0.25, 0.3) is 0 Å². The first-order valence-corrected chi connectivity index (χ1v) is 12.4. The van der Waals surface area contributed by atoms with Crippen LogP contribution in [-0.2, 0) is 14.3 Å². The number of aliphatic carboxylic acids is 1. The summed E-state index contributed by atoms with van der Waals surface area (Å²) < 4.78 is 5.67. The first kappa shape index (κ1) is 26.3. The molecular formula is C28H36N2O5. The lowest BCUT2D eigenvalue weighted by Crippen LogP contribution is -2.53. The lowest BCUT2D eigenvalue weighted by molar-refractivity contribution is -0.139. The lowest BCUT2D eigenvalue weighted by Gasteiger charge is -2.33. The van der Waals surface area contributed by atoms with Crippen LogP contribution in [0.25, 0.3) is 11.1 Å². The van der Waals surface area contributed by atoms with Gasteiger partial charge in [0.15, 0.2) is 0 Å². The third-order valence-corrected chi connectivity index (χ3v) is 6.79. The van der Waals surface area contributed by atoms with Crippen LogP contribution in [0.1, 0.15) is 64.0 Å². The van der Waals surface area contributed by atoms with Gasteiger partial charge in [0.05, 0.1) is 0 Å². The van der Waals surface area contributed by atoms with Crippen molar-refractivity contribution >= 4 is 18.0 Å². The Bertz CT molecular complexity index is 1010. The highest BCUT2D eigenvalue weighted by molar-refractivity contribution is 5.86. The zero-order valence-electron chi connectivity index (χ0n) is 21.0. The van der Waals surface area contributed by atoms with Crippen LogP contribution >= 0.6 is 0 Å². The molecule has 7 heteroatoms. The maximum atomic E-state index is 13.4. The number of hydrogen-bond acceptors (Lipinski definition) is 4. The minimum Gasteiger partial charge on any atom is -0.481 e. The zero-order chi connectivity index (χ0) is 25.5. The quantitative estimate of drug-likeness (QED) is 0.470. The summed E-state index contributed by atoms with van der Waals surface area (Å²) in [5, 5.41) is 11.8. The number of carbonyl (C=O) groups excluding carboxylic acids is 2. The Labute approximate surface area is 207 Å². The van der Waals surface area contributed by atoms with Crippen molar-refractivity contribution in [1.82, 2.24) is 10.2 Å². The average molecular weight is 481 g/mol.